The highest BCUT2D eigenvalue weighted by Gasteiger charge is 2.33. The van der Waals surface area contributed by atoms with E-state index in [0.717, 1.165) is 12.1 Å². The number of benzene rings is 1. The molecule has 1 aromatic carbocycles. The minimum atomic E-state index is -4.60. The molecule has 1 aliphatic rings. The monoisotopic (exact) mass is 335 g/mol. The van der Waals surface area contributed by atoms with Crippen LogP contribution in [0, 0.1) is 0 Å². The number of hydrogen-bond acceptors (Lipinski definition) is 2. The third-order valence-electron chi connectivity index (χ3n) is 3.13. The fraction of sp³-hybridized carbons (Fsp3) is 0.385. The lowest BCUT2D eigenvalue weighted by atomic mass is 10.1. The van der Waals surface area contributed by atoms with Crippen molar-refractivity contribution < 1.29 is 22.8 Å². The van der Waals surface area contributed by atoms with Crippen molar-refractivity contribution in [1.82, 2.24) is 10.6 Å². The van der Waals surface area contributed by atoms with Crippen LogP contribution in [0.15, 0.2) is 18.2 Å². The van der Waals surface area contributed by atoms with Gasteiger partial charge in [-0.15, -0.1) is 0 Å². The van der Waals surface area contributed by atoms with Gasteiger partial charge in [0.15, 0.2) is 0 Å². The van der Waals surface area contributed by atoms with Crippen molar-refractivity contribution in [3.63, 3.8) is 0 Å². The Balaban J connectivity index is 1.98. The molecule has 3 N–H and O–H groups in total. The summed E-state index contributed by atoms with van der Waals surface area (Å²) in [6.45, 7) is 0.292. The molecule has 0 bridgehead atoms. The molecule has 120 valence electrons. The summed E-state index contributed by atoms with van der Waals surface area (Å²) < 4.78 is 38.2. The number of nitrogens with one attached hydrogen (secondary N) is 3. The van der Waals surface area contributed by atoms with Gasteiger partial charge in [0.2, 0.25) is 5.91 Å². The largest absolute Gasteiger partial charge is 0.417 e. The number of carbonyl (C=O) groups excluding carboxylic acids is 2. The highest BCUT2D eigenvalue weighted by atomic mass is 35.5. The fourth-order valence-electron chi connectivity index (χ4n) is 2.03. The molecule has 1 fully saturated rings. The Labute approximate surface area is 129 Å². The maximum atomic E-state index is 12.7. The van der Waals surface area contributed by atoms with Gasteiger partial charge in [0.05, 0.1) is 10.6 Å². The quantitative estimate of drug-likeness (QED) is 0.777. The van der Waals surface area contributed by atoms with Gasteiger partial charge in [0, 0.05) is 24.7 Å². The van der Waals surface area contributed by atoms with Crippen LogP contribution in [0.3, 0.4) is 0 Å². The van der Waals surface area contributed by atoms with E-state index < -0.39 is 22.8 Å². The lowest BCUT2D eigenvalue weighted by Crippen LogP contribution is -2.48. The molecule has 0 aromatic heterocycles. The van der Waals surface area contributed by atoms with Crippen molar-refractivity contribution in [2.24, 2.45) is 0 Å². The van der Waals surface area contributed by atoms with Crippen molar-refractivity contribution in [1.29, 1.82) is 0 Å². The first-order chi connectivity index (χ1) is 10.3. The van der Waals surface area contributed by atoms with Crippen LogP contribution in [0.1, 0.15) is 18.4 Å². The van der Waals surface area contributed by atoms with Crippen molar-refractivity contribution in [3.8, 4) is 0 Å². The number of piperidine rings is 1. The van der Waals surface area contributed by atoms with Gasteiger partial charge >= 0.3 is 12.2 Å². The number of rotatable bonds is 2. The van der Waals surface area contributed by atoms with Gasteiger partial charge in [-0.25, -0.2) is 4.79 Å². The predicted molar refractivity (Wildman–Crippen MR) is 74.6 cm³/mol. The molecule has 5 nitrogen and oxygen atoms in total. The zero-order chi connectivity index (χ0) is 16.3. The summed E-state index contributed by atoms with van der Waals surface area (Å²) in [7, 11) is 0. The number of urea groups is 1. The van der Waals surface area contributed by atoms with Gasteiger partial charge in [0.25, 0.3) is 0 Å². The summed E-state index contributed by atoms with van der Waals surface area (Å²) in [6, 6.07) is 2.22. The molecule has 0 saturated carbocycles. The van der Waals surface area contributed by atoms with E-state index in [1.54, 1.807) is 0 Å². The molecule has 22 heavy (non-hydrogen) atoms. The average molecular weight is 336 g/mol. The molecule has 3 amide bonds. The zero-order valence-corrected chi connectivity index (χ0v) is 12.0. The lowest BCUT2D eigenvalue weighted by molar-refractivity contribution is -0.137. The molecule has 1 saturated heterocycles. The van der Waals surface area contributed by atoms with Gasteiger partial charge in [-0.1, -0.05) is 11.6 Å². The van der Waals surface area contributed by atoms with Crippen LogP contribution in [0.5, 0.6) is 0 Å². The topological polar surface area (TPSA) is 70.2 Å². The molecule has 0 aliphatic carbocycles. The van der Waals surface area contributed by atoms with Gasteiger partial charge in [0.1, 0.15) is 0 Å². The van der Waals surface area contributed by atoms with Crippen LogP contribution in [-0.2, 0) is 11.0 Å². The maximum absolute atomic E-state index is 12.7. The average Bonchev–Trinajstić information content (AvgIpc) is 2.42. The Kier molecular flexibility index (Phi) is 4.80. The Morgan fingerprint density at radius 3 is 2.68 bits per heavy atom. The second-order valence-electron chi connectivity index (χ2n) is 4.83. The number of carbonyl (C=O) groups is 2. The van der Waals surface area contributed by atoms with Gasteiger partial charge < -0.3 is 16.0 Å². The Morgan fingerprint density at radius 2 is 2.09 bits per heavy atom. The van der Waals surface area contributed by atoms with E-state index >= 15 is 0 Å². The summed E-state index contributed by atoms with van der Waals surface area (Å²) in [5.74, 6) is -0.0917. The van der Waals surface area contributed by atoms with E-state index in [2.05, 4.69) is 16.0 Å². The van der Waals surface area contributed by atoms with E-state index in [9.17, 15) is 22.8 Å². The van der Waals surface area contributed by atoms with E-state index in [0.29, 0.717) is 19.4 Å². The molecule has 1 heterocycles. The van der Waals surface area contributed by atoms with E-state index in [1.807, 2.05) is 0 Å². The molecule has 1 unspecified atom stereocenters. The normalized spacial score (nSPS) is 18.5. The first-order valence-electron chi connectivity index (χ1n) is 6.46. The second-order valence-corrected chi connectivity index (χ2v) is 5.24. The van der Waals surface area contributed by atoms with Crippen LogP contribution in [0.2, 0.25) is 5.02 Å². The second kappa shape index (κ2) is 6.43. The standard InChI is InChI=1S/C13H13ClF3N3O2/c14-10-3-1-7(5-9(10)13(15,16)17)19-12(22)20-8-2-4-11(21)18-6-8/h1,3,5,8H,2,4,6H2,(H,18,21)(H2,19,20,22). The van der Waals surface area contributed by atoms with Crippen LogP contribution in [-0.4, -0.2) is 24.5 Å². The molecule has 1 atom stereocenters. The first kappa shape index (κ1) is 16.4. The highest BCUT2D eigenvalue weighted by molar-refractivity contribution is 6.31. The first-order valence-corrected chi connectivity index (χ1v) is 6.84. The van der Waals surface area contributed by atoms with E-state index in [1.165, 1.54) is 6.07 Å². The minimum absolute atomic E-state index is 0.0194. The summed E-state index contributed by atoms with van der Waals surface area (Å²) in [5, 5.41) is 7.05. The number of anilines is 1. The van der Waals surface area contributed by atoms with E-state index in [4.69, 9.17) is 11.6 Å². The zero-order valence-electron chi connectivity index (χ0n) is 11.3. The Bertz CT molecular complexity index is 582. The van der Waals surface area contributed by atoms with Gasteiger partial charge in [-0.05, 0) is 24.6 Å². The van der Waals surface area contributed by atoms with Crippen LogP contribution < -0.4 is 16.0 Å². The minimum Gasteiger partial charge on any atom is -0.354 e. The molecule has 0 radical (unpaired) electrons. The van der Waals surface area contributed by atoms with Crippen molar-refractivity contribution in [2.45, 2.75) is 25.1 Å². The third-order valence-corrected chi connectivity index (χ3v) is 3.46. The number of alkyl halides is 3. The SMILES string of the molecule is O=C1CCC(NC(=O)Nc2ccc(Cl)c(C(F)(F)F)c2)CN1. The summed E-state index contributed by atoms with van der Waals surface area (Å²) in [6.07, 6.45) is -3.82. The van der Waals surface area contributed by atoms with Crippen LogP contribution >= 0.6 is 11.6 Å². The van der Waals surface area contributed by atoms with Gasteiger partial charge in [-0.2, -0.15) is 13.2 Å². The van der Waals surface area contributed by atoms with E-state index in [-0.39, 0.29) is 17.6 Å². The summed E-state index contributed by atoms with van der Waals surface area (Å²) in [5.41, 5.74) is -1.04. The number of hydrogen-bond donors (Lipinski definition) is 3. The van der Waals surface area contributed by atoms with Crippen molar-refractivity contribution in [2.75, 3.05) is 11.9 Å². The Hall–Kier alpha value is -1.96. The summed E-state index contributed by atoms with van der Waals surface area (Å²) in [4.78, 5) is 22.7. The van der Waals surface area contributed by atoms with Gasteiger partial charge in [-0.3, -0.25) is 4.79 Å². The molecule has 2 rings (SSSR count). The smallest absolute Gasteiger partial charge is 0.354 e. The van der Waals surface area contributed by atoms with Crippen molar-refractivity contribution >= 4 is 29.2 Å². The van der Waals surface area contributed by atoms with Crippen molar-refractivity contribution in [3.05, 3.63) is 28.8 Å². The number of amides is 3. The predicted octanol–water partition coefficient (Wildman–Crippen LogP) is 2.76. The molecular weight excluding hydrogens is 323 g/mol. The third kappa shape index (κ3) is 4.27. The molecule has 1 aliphatic heterocycles. The maximum Gasteiger partial charge on any atom is 0.417 e. The van der Waals surface area contributed by atoms with Crippen LogP contribution in [0.25, 0.3) is 0 Å². The lowest BCUT2D eigenvalue weighted by Gasteiger charge is -2.23. The van der Waals surface area contributed by atoms with Crippen LogP contribution in [0.4, 0.5) is 23.7 Å². The Morgan fingerprint density at radius 1 is 1.36 bits per heavy atom. The molecule has 0 spiro atoms. The number of halogens is 4. The summed E-state index contributed by atoms with van der Waals surface area (Å²) >= 11 is 5.50. The highest BCUT2D eigenvalue weighted by Crippen LogP contribution is 2.36. The fourth-order valence-corrected chi connectivity index (χ4v) is 2.25. The molecular formula is C13H13ClF3N3O2. The molecule has 9 heteroatoms. The molecule has 1 aromatic rings.